The second-order valence-corrected chi connectivity index (χ2v) is 14.3. The quantitative estimate of drug-likeness (QED) is 0.134. The highest BCUT2D eigenvalue weighted by Gasteiger charge is 2.34. The van der Waals surface area contributed by atoms with Crippen LogP contribution in [0.4, 0.5) is 0 Å². The van der Waals surface area contributed by atoms with E-state index in [9.17, 15) is 9.59 Å². The fourth-order valence-electron chi connectivity index (χ4n) is 5.83. The van der Waals surface area contributed by atoms with Gasteiger partial charge in [0.05, 0.1) is 50.6 Å². The fraction of sp³-hybridized carbons (Fsp3) is 0.237. The highest BCUT2D eigenvalue weighted by Crippen LogP contribution is 2.38. The van der Waals surface area contributed by atoms with Gasteiger partial charge in [0, 0.05) is 0 Å². The Morgan fingerprint density at radius 1 is 1.02 bits per heavy atom. The Bertz CT molecular complexity index is 2260. The Kier molecular flexibility index (Phi) is 10.4. The van der Waals surface area contributed by atoms with Crippen LogP contribution in [0.5, 0.6) is 17.2 Å². The number of benzene rings is 4. The molecule has 0 spiro atoms. The first kappa shape index (κ1) is 34.7. The predicted molar refractivity (Wildman–Crippen MR) is 199 cm³/mol. The van der Waals surface area contributed by atoms with Crippen LogP contribution in [0.1, 0.15) is 50.4 Å². The van der Waals surface area contributed by atoms with Gasteiger partial charge in [-0.3, -0.25) is 9.36 Å². The number of allylic oxidation sites excluding steroid dienone is 1. The van der Waals surface area contributed by atoms with Crippen LogP contribution in [-0.4, -0.2) is 30.4 Å². The number of nitrogens with zero attached hydrogens (tertiary/aromatic N) is 2. The Balaban J connectivity index is 1.39. The Hall–Kier alpha value is -4.19. The minimum absolute atomic E-state index is 0.0698. The normalized spacial score (nSPS) is 14.5. The number of aromatic nitrogens is 1. The van der Waals surface area contributed by atoms with Crippen molar-refractivity contribution in [3.05, 3.63) is 129 Å². The first-order valence-electron chi connectivity index (χ1n) is 15.7. The largest absolute Gasteiger partial charge is 0.493 e. The van der Waals surface area contributed by atoms with Crippen molar-refractivity contribution >= 4 is 66.0 Å². The molecule has 1 aromatic heterocycles. The average Bonchev–Trinajstić information content (AvgIpc) is 3.37. The summed E-state index contributed by atoms with van der Waals surface area (Å²) in [5.41, 5.74) is 3.00. The number of fused-ring (bicyclic) bond motifs is 2. The minimum atomic E-state index is -0.789. The molecule has 252 valence electrons. The van der Waals surface area contributed by atoms with Gasteiger partial charge in [-0.15, -0.1) is 0 Å². The van der Waals surface area contributed by atoms with E-state index in [-0.39, 0.29) is 18.3 Å². The van der Waals surface area contributed by atoms with Gasteiger partial charge in [-0.2, -0.15) is 0 Å². The highest BCUT2D eigenvalue weighted by atomic mass is 79.9. The van der Waals surface area contributed by atoms with E-state index in [0.717, 1.165) is 30.8 Å². The monoisotopic (exact) mass is 804 g/mol. The second kappa shape index (κ2) is 14.7. The Morgan fingerprint density at radius 3 is 2.47 bits per heavy atom. The summed E-state index contributed by atoms with van der Waals surface area (Å²) in [4.78, 5) is 32.7. The zero-order chi connectivity index (χ0) is 34.8. The number of carbonyl (C=O) groups is 1. The SMILES string of the molecule is CCOC(=O)C1=C(C)N=c2s/c(=C\c3cc(Br)c(OCc4cccc5ccccc45)c(Br)c3)c(=O)n2[C@@H]1c1ccc(OC(C)C)c(OC)c1. The molecule has 8 nitrogen and oxygen atoms in total. The molecule has 1 aliphatic heterocycles. The third kappa shape index (κ3) is 7.11. The van der Waals surface area contributed by atoms with Gasteiger partial charge in [0.2, 0.25) is 0 Å². The van der Waals surface area contributed by atoms with Gasteiger partial charge in [0.25, 0.3) is 5.56 Å². The number of rotatable bonds is 10. The van der Waals surface area contributed by atoms with Crippen LogP contribution in [0.15, 0.2) is 103 Å². The Labute approximate surface area is 304 Å². The van der Waals surface area contributed by atoms with Crippen LogP contribution < -0.4 is 29.1 Å². The lowest BCUT2D eigenvalue weighted by atomic mass is 9.95. The molecule has 4 aromatic carbocycles. The smallest absolute Gasteiger partial charge is 0.338 e. The molecule has 5 aromatic rings. The van der Waals surface area contributed by atoms with Crippen molar-refractivity contribution < 1.29 is 23.7 Å². The summed E-state index contributed by atoms with van der Waals surface area (Å²) >= 11 is 8.61. The van der Waals surface area contributed by atoms with Crippen molar-refractivity contribution in [1.29, 1.82) is 0 Å². The van der Waals surface area contributed by atoms with Crippen LogP contribution in [0.2, 0.25) is 0 Å². The van der Waals surface area contributed by atoms with E-state index in [0.29, 0.717) is 50.0 Å². The van der Waals surface area contributed by atoms with E-state index < -0.39 is 12.0 Å². The molecule has 0 unspecified atom stereocenters. The summed E-state index contributed by atoms with van der Waals surface area (Å²) in [7, 11) is 1.56. The molecule has 0 fully saturated rings. The van der Waals surface area contributed by atoms with Crippen LogP contribution >= 0.6 is 43.2 Å². The molecule has 2 heterocycles. The number of halogens is 2. The summed E-state index contributed by atoms with van der Waals surface area (Å²) in [6.07, 6.45) is 1.74. The second-order valence-electron chi connectivity index (χ2n) is 11.6. The molecule has 0 saturated carbocycles. The number of carbonyl (C=O) groups excluding carboxylic acids is 1. The number of methoxy groups -OCH3 is 1. The molecular formula is C38H34Br2N2O6S. The summed E-state index contributed by atoms with van der Waals surface area (Å²) in [5.74, 6) is 1.17. The molecule has 0 N–H and O–H groups in total. The van der Waals surface area contributed by atoms with Gasteiger partial charge in [-0.05, 0) is 117 Å². The number of ether oxygens (including phenoxy) is 4. The van der Waals surface area contributed by atoms with Gasteiger partial charge >= 0.3 is 5.97 Å². The summed E-state index contributed by atoms with van der Waals surface area (Å²) in [6, 6.07) is 22.8. The van der Waals surface area contributed by atoms with E-state index in [2.05, 4.69) is 56.1 Å². The molecule has 0 saturated heterocycles. The number of hydrogen-bond acceptors (Lipinski definition) is 8. The zero-order valence-electron chi connectivity index (χ0n) is 27.6. The van der Waals surface area contributed by atoms with E-state index in [4.69, 9.17) is 23.9 Å². The number of esters is 1. The van der Waals surface area contributed by atoms with E-state index in [1.54, 1.807) is 37.7 Å². The van der Waals surface area contributed by atoms with Crippen molar-refractivity contribution in [2.75, 3.05) is 13.7 Å². The fourth-order valence-corrected chi connectivity index (χ4v) is 8.33. The van der Waals surface area contributed by atoms with Crippen molar-refractivity contribution in [1.82, 2.24) is 4.57 Å². The molecule has 1 atom stereocenters. The predicted octanol–water partition coefficient (Wildman–Crippen LogP) is 7.85. The third-order valence-corrected chi connectivity index (χ3v) is 10.1. The lowest BCUT2D eigenvalue weighted by molar-refractivity contribution is -0.139. The molecule has 1 aliphatic rings. The molecular weight excluding hydrogens is 772 g/mol. The van der Waals surface area contributed by atoms with Crippen LogP contribution in [0.25, 0.3) is 16.8 Å². The first-order valence-corrected chi connectivity index (χ1v) is 18.1. The van der Waals surface area contributed by atoms with E-state index in [1.165, 1.54) is 11.3 Å². The topological polar surface area (TPSA) is 88.4 Å². The van der Waals surface area contributed by atoms with Crippen LogP contribution in [0.3, 0.4) is 0 Å². The van der Waals surface area contributed by atoms with Gasteiger partial charge in [-0.1, -0.05) is 59.9 Å². The molecule has 49 heavy (non-hydrogen) atoms. The highest BCUT2D eigenvalue weighted by molar-refractivity contribution is 9.11. The van der Waals surface area contributed by atoms with Crippen molar-refractivity contribution in [3.63, 3.8) is 0 Å². The van der Waals surface area contributed by atoms with Crippen molar-refractivity contribution in [3.8, 4) is 17.2 Å². The average molecular weight is 807 g/mol. The standard InChI is InChI=1S/C38H34Br2N2O6S/c1-6-46-37(44)33-22(4)41-38-42(34(33)25-14-15-30(48-21(2)3)31(19-25)45-5)36(43)32(49-38)18-23-16-28(39)35(29(40)17-23)47-20-26-12-9-11-24-10-7-8-13-27(24)26/h7-19,21,34H,6,20H2,1-5H3/b32-18-/t34-/m1/s1. The molecule has 11 heteroatoms. The molecule has 0 radical (unpaired) electrons. The Morgan fingerprint density at radius 2 is 1.76 bits per heavy atom. The maximum absolute atomic E-state index is 14.2. The van der Waals surface area contributed by atoms with Gasteiger partial charge in [0.15, 0.2) is 16.3 Å². The maximum Gasteiger partial charge on any atom is 0.338 e. The molecule has 6 rings (SSSR count). The van der Waals surface area contributed by atoms with Crippen molar-refractivity contribution in [2.24, 2.45) is 4.99 Å². The number of thiazole rings is 1. The van der Waals surface area contributed by atoms with Crippen LogP contribution in [0, 0.1) is 0 Å². The molecule has 0 amide bonds. The van der Waals surface area contributed by atoms with Gasteiger partial charge in [-0.25, -0.2) is 9.79 Å². The van der Waals surface area contributed by atoms with E-state index in [1.807, 2.05) is 56.3 Å². The van der Waals surface area contributed by atoms with Crippen LogP contribution in [-0.2, 0) is 16.1 Å². The zero-order valence-corrected chi connectivity index (χ0v) is 31.6. The molecule has 0 bridgehead atoms. The summed E-state index contributed by atoms with van der Waals surface area (Å²) < 4.78 is 26.8. The third-order valence-electron chi connectivity index (χ3n) is 7.95. The lowest BCUT2D eigenvalue weighted by Gasteiger charge is -2.25. The minimum Gasteiger partial charge on any atom is -0.493 e. The first-order chi connectivity index (χ1) is 23.6. The van der Waals surface area contributed by atoms with Gasteiger partial charge in [0.1, 0.15) is 12.4 Å². The maximum atomic E-state index is 14.2. The summed E-state index contributed by atoms with van der Waals surface area (Å²) in [6.45, 7) is 7.93. The number of hydrogen-bond donors (Lipinski definition) is 0. The van der Waals surface area contributed by atoms with Gasteiger partial charge < -0.3 is 18.9 Å². The molecule has 0 aliphatic carbocycles. The summed E-state index contributed by atoms with van der Waals surface area (Å²) in [5, 5.41) is 2.30. The van der Waals surface area contributed by atoms with Crippen molar-refractivity contribution in [2.45, 2.75) is 46.4 Å². The van der Waals surface area contributed by atoms with E-state index >= 15 is 0 Å². The lowest BCUT2D eigenvalue weighted by Crippen LogP contribution is -2.40.